The maximum Gasteiger partial charge on any atom is 0.340 e. The van der Waals surface area contributed by atoms with Gasteiger partial charge in [0.1, 0.15) is 18.1 Å². The van der Waals surface area contributed by atoms with Crippen LogP contribution in [0.3, 0.4) is 0 Å². The molecule has 2 unspecified atom stereocenters. The summed E-state index contributed by atoms with van der Waals surface area (Å²) in [6.07, 6.45) is 0.0592. The fourth-order valence-corrected chi connectivity index (χ4v) is 5.01. The number of rotatable bonds is 17. The molecule has 0 bridgehead atoms. The molecule has 1 aliphatic heterocycles. The summed E-state index contributed by atoms with van der Waals surface area (Å²) in [7, 11) is 7.16. The van der Waals surface area contributed by atoms with Crippen LogP contribution in [-0.2, 0) is 38.0 Å². The predicted molar refractivity (Wildman–Crippen MR) is 141 cm³/mol. The molecule has 0 spiro atoms. The first-order valence-corrected chi connectivity index (χ1v) is 13.0. The van der Waals surface area contributed by atoms with Gasteiger partial charge in [-0.3, -0.25) is 0 Å². The minimum Gasteiger partial charge on any atom is -0.456 e. The monoisotopic (exact) mass is 530 g/mol. The zero-order valence-corrected chi connectivity index (χ0v) is 24.7. The van der Waals surface area contributed by atoms with Crippen LogP contribution in [0.2, 0.25) is 0 Å². The summed E-state index contributed by atoms with van der Waals surface area (Å²) >= 11 is 0. The molecular weight excluding hydrogens is 480 g/mol. The van der Waals surface area contributed by atoms with Crippen molar-refractivity contribution in [2.24, 2.45) is 17.6 Å². The molecule has 10 heteroatoms. The number of hydrogen-bond acceptors (Lipinski definition) is 10. The molecule has 0 radical (unpaired) electrons. The maximum atomic E-state index is 12.7. The molecule has 1 rings (SSSR count). The van der Waals surface area contributed by atoms with E-state index in [4.69, 9.17) is 34.2 Å². The average molecular weight is 531 g/mol. The fourth-order valence-electron chi connectivity index (χ4n) is 5.01. The number of cyclic esters (lactones) is 1. The molecular formula is C27H50N2O8. The highest BCUT2D eigenvalue weighted by Gasteiger charge is 2.48. The van der Waals surface area contributed by atoms with Crippen molar-refractivity contribution in [1.29, 1.82) is 0 Å². The Hall–Kier alpha value is -1.56. The number of aldehydes is 1. The molecule has 0 aromatic heterocycles. The molecule has 0 aromatic rings. The Bertz CT molecular complexity index is 772. The smallest absolute Gasteiger partial charge is 0.340 e. The van der Waals surface area contributed by atoms with Gasteiger partial charge in [0.2, 0.25) is 5.79 Å². The van der Waals surface area contributed by atoms with Gasteiger partial charge in [0.05, 0.1) is 23.9 Å². The van der Waals surface area contributed by atoms with Crippen LogP contribution in [0, 0.1) is 11.8 Å². The van der Waals surface area contributed by atoms with E-state index in [0.717, 1.165) is 12.7 Å². The van der Waals surface area contributed by atoms with Crippen molar-refractivity contribution in [1.82, 2.24) is 4.90 Å². The van der Waals surface area contributed by atoms with Gasteiger partial charge in [-0.25, -0.2) is 4.79 Å². The molecule has 10 nitrogen and oxygen atoms in total. The Balaban J connectivity index is 3.66. The number of methoxy groups -OCH3 is 2. The topological polar surface area (TPSA) is 119 Å². The summed E-state index contributed by atoms with van der Waals surface area (Å²) in [6.45, 7) is 13.3. The van der Waals surface area contributed by atoms with Gasteiger partial charge in [0.25, 0.3) is 0 Å². The third-order valence-corrected chi connectivity index (χ3v) is 6.95. The minimum atomic E-state index is -1.15. The highest BCUT2D eigenvalue weighted by atomic mass is 16.7. The Morgan fingerprint density at radius 3 is 2.27 bits per heavy atom. The van der Waals surface area contributed by atoms with Gasteiger partial charge >= 0.3 is 5.97 Å². The van der Waals surface area contributed by atoms with Gasteiger partial charge in [-0.15, -0.1) is 0 Å². The lowest BCUT2D eigenvalue weighted by atomic mass is 9.81. The molecule has 0 aliphatic carbocycles. The predicted octanol–water partition coefficient (Wildman–Crippen LogP) is 2.88. The van der Waals surface area contributed by atoms with E-state index in [0.29, 0.717) is 24.3 Å². The van der Waals surface area contributed by atoms with Crippen molar-refractivity contribution in [3.8, 4) is 0 Å². The van der Waals surface area contributed by atoms with Crippen LogP contribution in [0.5, 0.6) is 0 Å². The molecule has 37 heavy (non-hydrogen) atoms. The number of nitrogens with zero attached hydrogens (tertiary/aromatic N) is 1. The molecule has 2 N–H and O–H groups in total. The number of carbonyl (C=O) groups is 2. The number of likely N-dealkylation sites (N-methyl/N-ethyl adjacent to an activating group) is 1. The van der Waals surface area contributed by atoms with Crippen molar-refractivity contribution < 1.29 is 38.0 Å². The van der Waals surface area contributed by atoms with E-state index in [-0.39, 0.29) is 18.6 Å². The SMILES string of the molecule is CCC(C(OC)[C@@H](OCCN)O[C@H]([C@@H](C)C1=C(C)C(=O)OC(C)(C)O1)[C@@](C)(C[C@@H](C)C=O)OC)N(C)C. The van der Waals surface area contributed by atoms with Crippen LogP contribution in [0.1, 0.15) is 61.3 Å². The van der Waals surface area contributed by atoms with Gasteiger partial charge in [-0.1, -0.05) is 20.8 Å². The molecule has 216 valence electrons. The first-order valence-electron chi connectivity index (χ1n) is 13.0. The third-order valence-electron chi connectivity index (χ3n) is 6.95. The van der Waals surface area contributed by atoms with Crippen LogP contribution < -0.4 is 5.73 Å². The average Bonchev–Trinajstić information content (AvgIpc) is 2.83. The molecule has 0 saturated heterocycles. The molecule has 1 heterocycles. The standard InChI is InChI=1S/C27H50N2O8/c1-12-20(29(8)9)22(32-10)25(34-14-13-28)35-23(27(7,33-11)15-17(2)16-30)18(3)21-19(4)24(31)37-26(5,6)36-21/h16-18,20,22-23,25H,12-15,28H2,1-11H3/t17-,18+,20?,22?,23-,25+,27-/m1/s1. The minimum absolute atomic E-state index is 0.0211. The second kappa shape index (κ2) is 14.6. The molecule has 0 amide bonds. The summed E-state index contributed by atoms with van der Waals surface area (Å²) in [5.41, 5.74) is 5.18. The van der Waals surface area contributed by atoms with Crippen molar-refractivity contribution in [2.45, 2.75) is 97.2 Å². The number of hydrogen-bond donors (Lipinski definition) is 1. The summed E-state index contributed by atoms with van der Waals surface area (Å²) < 4.78 is 36.4. The first kappa shape index (κ1) is 33.5. The van der Waals surface area contributed by atoms with E-state index in [1.54, 1.807) is 35.0 Å². The normalized spacial score (nSPS) is 22.4. The second-order valence-corrected chi connectivity index (χ2v) is 10.7. The lowest BCUT2D eigenvalue weighted by Gasteiger charge is -2.46. The van der Waals surface area contributed by atoms with Crippen molar-refractivity contribution in [2.75, 3.05) is 41.5 Å². The largest absolute Gasteiger partial charge is 0.456 e. The highest BCUT2D eigenvalue weighted by molar-refractivity contribution is 5.89. The number of ether oxygens (including phenoxy) is 6. The summed E-state index contributed by atoms with van der Waals surface area (Å²) in [5.74, 6) is -1.94. The van der Waals surface area contributed by atoms with Gasteiger partial charge < -0.3 is 43.8 Å². The second-order valence-electron chi connectivity index (χ2n) is 10.7. The summed E-state index contributed by atoms with van der Waals surface area (Å²) in [6, 6.07) is -0.0211. The van der Waals surface area contributed by atoms with E-state index in [1.165, 1.54) is 0 Å². The van der Waals surface area contributed by atoms with Crippen molar-refractivity contribution in [3.63, 3.8) is 0 Å². The van der Waals surface area contributed by atoms with E-state index >= 15 is 0 Å². The quantitative estimate of drug-likeness (QED) is 0.171. The van der Waals surface area contributed by atoms with Gasteiger partial charge in [0, 0.05) is 52.5 Å². The molecule has 7 atom stereocenters. The highest BCUT2D eigenvalue weighted by Crippen LogP contribution is 2.40. The van der Waals surface area contributed by atoms with E-state index in [1.807, 2.05) is 34.9 Å². The van der Waals surface area contributed by atoms with Crippen LogP contribution in [0.25, 0.3) is 0 Å². The number of esters is 1. The van der Waals surface area contributed by atoms with Gasteiger partial charge in [-0.2, -0.15) is 0 Å². The van der Waals surface area contributed by atoms with E-state index in [9.17, 15) is 9.59 Å². The summed E-state index contributed by atoms with van der Waals surface area (Å²) in [5, 5.41) is 0. The third kappa shape index (κ3) is 8.73. The van der Waals surface area contributed by atoms with Crippen LogP contribution in [-0.4, -0.2) is 94.5 Å². The first-order chi connectivity index (χ1) is 17.2. The Labute approximate surface area is 223 Å². The lowest BCUT2D eigenvalue weighted by Crippen LogP contribution is -2.56. The van der Waals surface area contributed by atoms with Crippen molar-refractivity contribution in [3.05, 3.63) is 11.3 Å². The number of nitrogens with two attached hydrogens (primary N) is 1. The van der Waals surface area contributed by atoms with Crippen molar-refractivity contribution >= 4 is 12.3 Å². The Morgan fingerprint density at radius 1 is 1.19 bits per heavy atom. The van der Waals surface area contributed by atoms with Gasteiger partial charge in [-0.05, 0) is 40.8 Å². The molecule has 0 aromatic carbocycles. The van der Waals surface area contributed by atoms with Crippen LogP contribution >= 0.6 is 0 Å². The van der Waals surface area contributed by atoms with Crippen LogP contribution in [0.4, 0.5) is 0 Å². The molecule has 1 aliphatic rings. The zero-order valence-electron chi connectivity index (χ0n) is 24.7. The number of carbonyl (C=O) groups excluding carboxylic acids is 2. The lowest BCUT2D eigenvalue weighted by molar-refractivity contribution is -0.274. The fraction of sp³-hybridized carbons (Fsp3) is 0.852. The Kier molecular flexibility index (Phi) is 13.2. The van der Waals surface area contributed by atoms with Gasteiger partial charge in [0.15, 0.2) is 6.29 Å². The van der Waals surface area contributed by atoms with E-state index < -0.39 is 41.8 Å². The van der Waals surface area contributed by atoms with E-state index in [2.05, 4.69) is 11.8 Å². The summed E-state index contributed by atoms with van der Waals surface area (Å²) in [4.78, 5) is 26.4. The zero-order chi connectivity index (χ0) is 28.6. The van der Waals surface area contributed by atoms with Crippen LogP contribution in [0.15, 0.2) is 11.3 Å². The molecule has 0 saturated carbocycles. The Morgan fingerprint density at radius 2 is 1.81 bits per heavy atom. The molecule has 0 fully saturated rings. The maximum absolute atomic E-state index is 12.7.